The Labute approximate surface area is 93.5 Å². The van der Waals surface area contributed by atoms with Crippen LogP contribution in [0, 0.1) is 5.92 Å². The molecule has 0 aromatic carbocycles. The van der Waals surface area contributed by atoms with Crippen molar-refractivity contribution >= 4 is 23.4 Å². The van der Waals surface area contributed by atoms with Crippen LogP contribution in [-0.4, -0.2) is 29.7 Å². The molecular weight excluding hydrogens is 216 g/mol. The number of halogens is 1. The maximum atomic E-state index is 10.7. The first kappa shape index (κ1) is 11.8. The molecule has 0 amide bonds. The zero-order valence-electron chi connectivity index (χ0n) is 8.64. The summed E-state index contributed by atoms with van der Waals surface area (Å²) in [5.74, 6) is -0.672. The zero-order chi connectivity index (χ0) is 11.4. The summed E-state index contributed by atoms with van der Waals surface area (Å²) in [6, 6.07) is 3.46. The number of carbonyl (C=O) groups is 1. The van der Waals surface area contributed by atoms with E-state index in [9.17, 15) is 4.79 Å². The van der Waals surface area contributed by atoms with Crippen LogP contribution in [0.2, 0.25) is 5.02 Å². The van der Waals surface area contributed by atoms with Crippen LogP contribution in [0.1, 0.15) is 6.92 Å². The third kappa shape index (κ3) is 3.09. The lowest BCUT2D eigenvalue weighted by molar-refractivity contribution is -0.140. The Bertz CT molecular complexity index is 357. The van der Waals surface area contributed by atoms with Gasteiger partial charge in [0.25, 0.3) is 0 Å². The number of anilines is 1. The van der Waals surface area contributed by atoms with E-state index in [1.807, 2.05) is 0 Å². The van der Waals surface area contributed by atoms with Gasteiger partial charge in [0.15, 0.2) is 0 Å². The van der Waals surface area contributed by atoms with Crippen molar-refractivity contribution < 1.29 is 9.90 Å². The van der Waals surface area contributed by atoms with Crippen LogP contribution >= 0.6 is 11.6 Å². The van der Waals surface area contributed by atoms with Crippen molar-refractivity contribution in [1.82, 2.24) is 4.98 Å². The molecule has 1 atom stereocenters. The van der Waals surface area contributed by atoms with E-state index in [1.54, 1.807) is 37.2 Å². The largest absolute Gasteiger partial charge is 0.481 e. The first-order valence-corrected chi connectivity index (χ1v) is 4.94. The Kier molecular flexibility index (Phi) is 3.91. The number of carboxylic acid groups (broad SMARTS) is 1. The van der Waals surface area contributed by atoms with Crippen LogP contribution in [0.3, 0.4) is 0 Å². The molecule has 0 saturated carbocycles. The first-order chi connectivity index (χ1) is 7.02. The van der Waals surface area contributed by atoms with Gasteiger partial charge in [-0.3, -0.25) is 4.79 Å². The first-order valence-electron chi connectivity index (χ1n) is 4.57. The topological polar surface area (TPSA) is 53.4 Å². The van der Waals surface area contributed by atoms with Crippen LogP contribution in [0.4, 0.5) is 5.82 Å². The standard InChI is InChI=1S/C10H13ClN2O2/c1-7(10(14)15)6-13(2)9-8(11)4-3-5-12-9/h3-5,7H,6H2,1-2H3,(H,14,15). The SMILES string of the molecule is CC(CN(C)c1ncccc1Cl)C(=O)O. The van der Waals surface area contributed by atoms with Gasteiger partial charge in [-0.05, 0) is 12.1 Å². The molecule has 0 aliphatic rings. The molecule has 0 saturated heterocycles. The summed E-state index contributed by atoms with van der Waals surface area (Å²) in [7, 11) is 1.77. The summed E-state index contributed by atoms with van der Waals surface area (Å²) >= 11 is 5.93. The van der Waals surface area contributed by atoms with E-state index in [-0.39, 0.29) is 0 Å². The second-order valence-electron chi connectivity index (χ2n) is 3.43. The lowest BCUT2D eigenvalue weighted by Gasteiger charge is -2.21. The van der Waals surface area contributed by atoms with Gasteiger partial charge in [0.1, 0.15) is 5.82 Å². The number of nitrogens with zero attached hydrogens (tertiary/aromatic N) is 2. The van der Waals surface area contributed by atoms with Gasteiger partial charge in [0.2, 0.25) is 0 Å². The zero-order valence-corrected chi connectivity index (χ0v) is 9.40. The molecule has 1 heterocycles. The highest BCUT2D eigenvalue weighted by atomic mass is 35.5. The number of hydrogen-bond acceptors (Lipinski definition) is 3. The molecule has 0 spiro atoms. The minimum absolute atomic E-state index is 0.381. The number of aliphatic carboxylic acids is 1. The monoisotopic (exact) mass is 228 g/mol. The molecule has 1 aromatic heterocycles. The minimum Gasteiger partial charge on any atom is -0.481 e. The Morgan fingerprint density at radius 1 is 1.73 bits per heavy atom. The predicted octanol–water partition coefficient (Wildman–Crippen LogP) is 1.89. The molecule has 1 unspecified atom stereocenters. The van der Waals surface area contributed by atoms with Crippen molar-refractivity contribution in [1.29, 1.82) is 0 Å². The number of carboxylic acids is 1. The smallest absolute Gasteiger partial charge is 0.308 e. The van der Waals surface area contributed by atoms with E-state index in [2.05, 4.69) is 4.98 Å². The van der Waals surface area contributed by atoms with Crippen LogP contribution in [0.25, 0.3) is 0 Å². The maximum Gasteiger partial charge on any atom is 0.308 e. The Hall–Kier alpha value is -1.29. The fourth-order valence-corrected chi connectivity index (χ4v) is 1.50. The number of aromatic nitrogens is 1. The fraction of sp³-hybridized carbons (Fsp3) is 0.400. The second kappa shape index (κ2) is 4.98. The third-order valence-corrected chi connectivity index (χ3v) is 2.36. The molecule has 1 rings (SSSR count). The molecule has 1 aromatic rings. The van der Waals surface area contributed by atoms with Crippen LogP contribution in [-0.2, 0) is 4.79 Å². The molecule has 0 aliphatic carbocycles. The van der Waals surface area contributed by atoms with Gasteiger partial charge in [-0.15, -0.1) is 0 Å². The van der Waals surface area contributed by atoms with Gasteiger partial charge in [0.05, 0.1) is 10.9 Å². The Morgan fingerprint density at radius 2 is 2.40 bits per heavy atom. The van der Waals surface area contributed by atoms with Crippen LogP contribution < -0.4 is 4.90 Å². The van der Waals surface area contributed by atoms with Gasteiger partial charge in [0, 0.05) is 19.8 Å². The average Bonchev–Trinajstić information content (AvgIpc) is 2.18. The molecule has 0 bridgehead atoms. The summed E-state index contributed by atoms with van der Waals surface area (Å²) in [6.07, 6.45) is 1.63. The van der Waals surface area contributed by atoms with Gasteiger partial charge >= 0.3 is 5.97 Å². The molecule has 1 N–H and O–H groups in total. The summed E-state index contributed by atoms with van der Waals surface area (Å²) in [5.41, 5.74) is 0. The Morgan fingerprint density at radius 3 is 2.93 bits per heavy atom. The van der Waals surface area contributed by atoms with Crippen molar-refractivity contribution in [3.05, 3.63) is 23.4 Å². The van der Waals surface area contributed by atoms with E-state index in [4.69, 9.17) is 16.7 Å². The van der Waals surface area contributed by atoms with E-state index in [0.29, 0.717) is 17.4 Å². The number of pyridine rings is 1. The van der Waals surface area contributed by atoms with Gasteiger partial charge < -0.3 is 10.0 Å². The van der Waals surface area contributed by atoms with Crippen molar-refractivity contribution in [2.45, 2.75) is 6.92 Å². The molecule has 0 fully saturated rings. The highest BCUT2D eigenvalue weighted by Gasteiger charge is 2.15. The van der Waals surface area contributed by atoms with Crippen LogP contribution in [0.15, 0.2) is 18.3 Å². The van der Waals surface area contributed by atoms with E-state index >= 15 is 0 Å². The summed E-state index contributed by atoms with van der Waals surface area (Å²) in [5, 5.41) is 9.29. The van der Waals surface area contributed by atoms with Crippen LogP contribution in [0.5, 0.6) is 0 Å². The lowest BCUT2D eigenvalue weighted by Crippen LogP contribution is -2.29. The molecule has 0 aliphatic heterocycles. The molecule has 82 valence electrons. The number of hydrogen-bond donors (Lipinski definition) is 1. The quantitative estimate of drug-likeness (QED) is 0.855. The normalized spacial score (nSPS) is 12.2. The lowest BCUT2D eigenvalue weighted by atomic mass is 10.2. The van der Waals surface area contributed by atoms with E-state index in [1.165, 1.54) is 0 Å². The van der Waals surface area contributed by atoms with E-state index < -0.39 is 11.9 Å². The van der Waals surface area contributed by atoms with Crippen molar-refractivity contribution in [2.75, 3.05) is 18.5 Å². The minimum atomic E-state index is -0.825. The fourth-order valence-electron chi connectivity index (χ4n) is 1.23. The third-order valence-electron chi connectivity index (χ3n) is 2.07. The molecule has 4 nitrogen and oxygen atoms in total. The van der Waals surface area contributed by atoms with Crippen molar-refractivity contribution in [2.24, 2.45) is 5.92 Å². The van der Waals surface area contributed by atoms with E-state index in [0.717, 1.165) is 0 Å². The van der Waals surface area contributed by atoms with Gasteiger partial charge in [-0.25, -0.2) is 4.98 Å². The maximum absolute atomic E-state index is 10.7. The summed E-state index contributed by atoms with van der Waals surface area (Å²) in [4.78, 5) is 16.5. The second-order valence-corrected chi connectivity index (χ2v) is 3.84. The van der Waals surface area contributed by atoms with Crippen molar-refractivity contribution in [3.63, 3.8) is 0 Å². The highest BCUT2D eigenvalue weighted by molar-refractivity contribution is 6.32. The predicted molar refractivity (Wildman–Crippen MR) is 59.3 cm³/mol. The van der Waals surface area contributed by atoms with Gasteiger partial charge in [-0.2, -0.15) is 0 Å². The Balaban J connectivity index is 2.73. The summed E-state index contributed by atoms with van der Waals surface area (Å²) < 4.78 is 0. The molecule has 5 heteroatoms. The van der Waals surface area contributed by atoms with Gasteiger partial charge in [-0.1, -0.05) is 18.5 Å². The molecule has 15 heavy (non-hydrogen) atoms. The highest BCUT2D eigenvalue weighted by Crippen LogP contribution is 2.21. The molecule has 0 radical (unpaired) electrons. The molecular formula is C10H13ClN2O2. The number of rotatable bonds is 4. The van der Waals surface area contributed by atoms with Crippen molar-refractivity contribution in [3.8, 4) is 0 Å². The average molecular weight is 229 g/mol. The summed E-state index contributed by atoms with van der Waals surface area (Å²) in [6.45, 7) is 2.03.